The van der Waals surface area contributed by atoms with Crippen LogP contribution < -0.4 is 0 Å². The smallest absolute Gasteiger partial charge is 0.254 e. The minimum absolute atomic E-state index is 0.00572. The average molecular weight is 458 g/mol. The Morgan fingerprint density at radius 3 is 2.67 bits per heavy atom. The van der Waals surface area contributed by atoms with Crippen LogP contribution in [0.2, 0.25) is 0 Å². The van der Waals surface area contributed by atoms with Gasteiger partial charge in [-0.3, -0.25) is 9.59 Å². The number of thiazole rings is 1. The van der Waals surface area contributed by atoms with Crippen molar-refractivity contribution < 1.29 is 9.59 Å². The van der Waals surface area contributed by atoms with Crippen LogP contribution in [0, 0.1) is 5.92 Å². The molecule has 4 aromatic rings. The molecule has 2 atom stereocenters. The van der Waals surface area contributed by atoms with Crippen molar-refractivity contribution >= 4 is 44.1 Å². The first-order valence-corrected chi connectivity index (χ1v) is 12.2. The number of amides is 2. The lowest BCUT2D eigenvalue weighted by Crippen LogP contribution is -2.46. The third-order valence-corrected chi connectivity index (χ3v) is 7.88. The number of nitrogens with zero attached hydrogens (tertiary/aromatic N) is 3. The summed E-state index contributed by atoms with van der Waals surface area (Å²) in [6.45, 7) is 3.16. The maximum absolute atomic E-state index is 13.4. The Bertz CT molecular complexity index is 1290. The molecule has 5 rings (SSSR count). The SMILES string of the molecule is CC(c1nc2ccccc2s1)N(C)C(=O)C1CCCN(C(=O)c2cccc3ccccc23)C1. The Kier molecular flexibility index (Phi) is 5.85. The summed E-state index contributed by atoms with van der Waals surface area (Å²) in [6.07, 6.45) is 1.63. The van der Waals surface area contributed by atoms with Gasteiger partial charge in [0, 0.05) is 25.7 Å². The molecule has 2 amide bonds. The molecule has 6 heteroatoms. The third-order valence-electron chi connectivity index (χ3n) is 6.67. The Hall–Kier alpha value is -3.25. The van der Waals surface area contributed by atoms with E-state index < -0.39 is 0 Å². The second-order valence-electron chi connectivity index (χ2n) is 8.76. The lowest BCUT2D eigenvalue weighted by atomic mass is 9.95. The van der Waals surface area contributed by atoms with Gasteiger partial charge in [-0.05, 0) is 48.7 Å². The van der Waals surface area contributed by atoms with Crippen LogP contribution in [0.25, 0.3) is 21.0 Å². The Morgan fingerprint density at radius 2 is 1.82 bits per heavy atom. The van der Waals surface area contributed by atoms with Crippen molar-refractivity contribution in [3.63, 3.8) is 0 Å². The molecule has 1 fully saturated rings. The largest absolute Gasteiger partial charge is 0.338 e. The van der Waals surface area contributed by atoms with Gasteiger partial charge < -0.3 is 9.80 Å². The van der Waals surface area contributed by atoms with Crippen LogP contribution in [0.3, 0.4) is 0 Å². The molecule has 5 nitrogen and oxygen atoms in total. The van der Waals surface area contributed by atoms with Gasteiger partial charge in [-0.15, -0.1) is 11.3 Å². The van der Waals surface area contributed by atoms with Crippen molar-refractivity contribution in [3.8, 4) is 0 Å². The lowest BCUT2D eigenvalue weighted by molar-refractivity contribution is -0.137. The predicted octanol–water partition coefficient (Wildman–Crippen LogP) is 5.52. The highest BCUT2D eigenvalue weighted by Crippen LogP contribution is 2.31. The minimum atomic E-state index is -0.195. The van der Waals surface area contributed by atoms with Gasteiger partial charge >= 0.3 is 0 Å². The fourth-order valence-electron chi connectivity index (χ4n) is 4.66. The van der Waals surface area contributed by atoms with E-state index in [1.165, 1.54) is 0 Å². The van der Waals surface area contributed by atoms with E-state index in [1.54, 1.807) is 16.2 Å². The third kappa shape index (κ3) is 4.11. The number of fused-ring (bicyclic) bond motifs is 2. The fraction of sp³-hybridized carbons (Fsp3) is 0.296. The first-order valence-electron chi connectivity index (χ1n) is 11.4. The monoisotopic (exact) mass is 457 g/mol. The van der Waals surface area contributed by atoms with Crippen LogP contribution in [0.1, 0.15) is 41.2 Å². The number of para-hydroxylation sites is 1. The summed E-state index contributed by atoms with van der Waals surface area (Å²) in [5, 5.41) is 2.95. The van der Waals surface area contributed by atoms with Crippen LogP contribution in [-0.2, 0) is 4.79 Å². The van der Waals surface area contributed by atoms with E-state index in [1.807, 2.05) is 79.5 Å². The van der Waals surface area contributed by atoms with Gasteiger partial charge in [-0.2, -0.15) is 0 Å². The first kappa shape index (κ1) is 21.6. The van der Waals surface area contributed by atoms with E-state index in [4.69, 9.17) is 4.98 Å². The van der Waals surface area contributed by atoms with Gasteiger partial charge in [0.05, 0.1) is 22.2 Å². The maximum Gasteiger partial charge on any atom is 0.254 e. The van der Waals surface area contributed by atoms with Crippen LogP contribution in [-0.4, -0.2) is 46.7 Å². The molecule has 0 aliphatic carbocycles. The highest BCUT2D eigenvalue weighted by molar-refractivity contribution is 7.18. The standard InChI is InChI=1S/C27H27N3O2S/c1-18(25-28-23-14-5-6-15-24(23)33-25)29(2)26(31)20-11-8-16-30(17-20)27(32)22-13-7-10-19-9-3-4-12-21(19)22/h3-7,9-10,12-15,18,20H,8,11,16-17H2,1-2H3. The molecule has 2 heterocycles. The van der Waals surface area contributed by atoms with Crippen molar-refractivity contribution in [1.29, 1.82) is 0 Å². The molecule has 0 saturated carbocycles. The molecular weight excluding hydrogens is 430 g/mol. The Balaban J connectivity index is 1.32. The number of hydrogen-bond acceptors (Lipinski definition) is 4. The Morgan fingerprint density at radius 1 is 1.06 bits per heavy atom. The summed E-state index contributed by atoms with van der Waals surface area (Å²) in [7, 11) is 1.85. The maximum atomic E-state index is 13.4. The molecule has 33 heavy (non-hydrogen) atoms. The normalized spacial score (nSPS) is 17.3. The van der Waals surface area contributed by atoms with Gasteiger partial charge in [-0.1, -0.05) is 48.5 Å². The minimum Gasteiger partial charge on any atom is -0.338 e. The second kappa shape index (κ2) is 8.94. The van der Waals surface area contributed by atoms with E-state index in [2.05, 4.69) is 6.07 Å². The molecule has 3 aromatic carbocycles. The van der Waals surface area contributed by atoms with Crippen LogP contribution in [0.4, 0.5) is 0 Å². The molecule has 1 saturated heterocycles. The van der Waals surface area contributed by atoms with E-state index in [0.717, 1.165) is 38.8 Å². The molecular formula is C27H27N3O2S. The zero-order valence-electron chi connectivity index (χ0n) is 18.9. The van der Waals surface area contributed by atoms with Crippen molar-refractivity contribution in [3.05, 3.63) is 77.3 Å². The number of rotatable bonds is 4. The summed E-state index contributed by atoms with van der Waals surface area (Å²) < 4.78 is 1.13. The molecule has 2 unspecified atom stereocenters. The van der Waals surface area contributed by atoms with Crippen molar-refractivity contribution in [2.45, 2.75) is 25.8 Å². The van der Waals surface area contributed by atoms with Crippen LogP contribution >= 0.6 is 11.3 Å². The summed E-state index contributed by atoms with van der Waals surface area (Å²) >= 11 is 1.63. The zero-order chi connectivity index (χ0) is 22.9. The molecule has 1 aliphatic rings. The fourth-order valence-corrected chi connectivity index (χ4v) is 5.72. The van der Waals surface area contributed by atoms with Crippen LogP contribution in [0.15, 0.2) is 66.7 Å². The van der Waals surface area contributed by atoms with Crippen molar-refractivity contribution in [2.75, 3.05) is 20.1 Å². The highest BCUT2D eigenvalue weighted by atomic mass is 32.1. The number of carbonyl (C=O) groups excluding carboxylic acids is 2. The summed E-state index contributed by atoms with van der Waals surface area (Å²) in [5.41, 5.74) is 1.67. The van der Waals surface area contributed by atoms with Gasteiger partial charge in [0.2, 0.25) is 5.91 Å². The van der Waals surface area contributed by atoms with Gasteiger partial charge in [0.15, 0.2) is 0 Å². The summed E-state index contributed by atoms with van der Waals surface area (Å²) in [5.74, 6) is -0.108. The van der Waals surface area contributed by atoms with Gasteiger partial charge in [0.25, 0.3) is 5.91 Å². The predicted molar refractivity (Wildman–Crippen MR) is 133 cm³/mol. The topological polar surface area (TPSA) is 53.5 Å². The quantitative estimate of drug-likeness (QED) is 0.405. The first-order chi connectivity index (χ1) is 16.0. The van der Waals surface area contributed by atoms with E-state index in [-0.39, 0.29) is 23.8 Å². The van der Waals surface area contributed by atoms with Crippen LogP contribution in [0.5, 0.6) is 0 Å². The molecule has 0 bridgehead atoms. The van der Waals surface area contributed by atoms with E-state index in [0.29, 0.717) is 18.7 Å². The average Bonchev–Trinajstić information content (AvgIpc) is 3.31. The van der Waals surface area contributed by atoms with Crippen molar-refractivity contribution in [2.24, 2.45) is 5.92 Å². The summed E-state index contributed by atoms with van der Waals surface area (Å²) in [4.78, 5) is 35.2. The molecule has 1 aromatic heterocycles. The molecule has 0 radical (unpaired) electrons. The van der Waals surface area contributed by atoms with E-state index >= 15 is 0 Å². The number of likely N-dealkylation sites (tertiary alicyclic amines) is 1. The number of piperidine rings is 1. The Labute approximate surface area is 197 Å². The number of benzene rings is 3. The van der Waals surface area contributed by atoms with Gasteiger partial charge in [-0.25, -0.2) is 4.98 Å². The molecule has 0 spiro atoms. The molecule has 0 N–H and O–H groups in total. The van der Waals surface area contributed by atoms with Crippen molar-refractivity contribution in [1.82, 2.24) is 14.8 Å². The highest BCUT2D eigenvalue weighted by Gasteiger charge is 2.33. The summed E-state index contributed by atoms with van der Waals surface area (Å²) in [6, 6.07) is 21.7. The zero-order valence-corrected chi connectivity index (χ0v) is 19.7. The molecule has 1 aliphatic heterocycles. The van der Waals surface area contributed by atoms with E-state index in [9.17, 15) is 9.59 Å². The number of carbonyl (C=O) groups is 2. The number of aromatic nitrogens is 1. The number of hydrogen-bond donors (Lipinski definition) is 0. The second-order valence-corrected chi connectivity index (χ2v) is 9.82. The molecule has 168 valence electrons. The lowest BCUT2D eigenvalue weighted by Gasteiger charge is -2.35. The van der Waals surface area contributed by atoms with Gasteiger partial charge in [0.1, 0.15) is 5.01 Å².